The van der Waals surface area contributed by atoms with Gasteiger partial charge in [-0.3, -0.25) is 14.9 Å². The van der Waals surface area contributed by atoms with Gasteiger partial charge in [0.2, 0.25) is 5.91 Å². The Balaban J connectivity index is 1.19. The molecule has 11 nitrogen and oxygen atoms in total. The summed E-state index contributed by atoms with van der Waals surface area (Å²) < 4.78 is 11.4. The number of unbranched alkanes of at least 4 members (excludes halogenated alkanes) is 1. The number of carbonyl (C=O) groups excluding carboxylic acids is 2. The first-order valence-electron chi connectivity index (χ1n) is 14.0. The molecule has 1 aromatic heterocycles. The molecule has 2 amide bonds. The first-order chi connectivity index (χ1) is 19.5. The molecule has 2 N–H and O–H groups in total. The molecular weight excluding hydrogens is 526 g/mol. The first-order valence-corrected chi connectivity index (χ1v) is 14.0. The average Bonchev–Trinajstić information content (AvgIpc) is 3.35. The second-order valence-electron chi connectivity index (χ2n) is 11.3. The van der Waals surface area contributed by atoms with Gasteiger partial charge in [-0.15, -0.1) is 0 Å². The van der Waals surface area contributed by atoms with Crippen molar-refractivity contribution in [1.29, 1.82) is 0 Å². The molecule has 0 saturated carbocycles. The third-order valence-corrected chi connectivity index (χ3v) is 7.00. The van der Waals surface area contributed by atoms with E-state index in [9.17, 15) is 19.7 Å². The van der Waals surface area contributed by atoms with Gasteiger partial charge in [-0.05, 0) is 76.4 Å². The third kappa shape index (κ3) is 8.12. The Labute approximate surface area is 239 Å². The van der Waals surface area contributed by atoms with E-state index in [2.05, 4.69) is 15.2 Å². The number of benzene rings is 2. The molecule has 4 rings (SSSR count). The van der Waals surface area contributed by atoms with E-state index in [0.717, 1.165) is 40.7 Å². The molecule has 1 aliphatic rings. The maximum absolute atomic E-state index is 12.7. The highest BCUT2D eigenvalue weighted by Gasteiger charge is 2.22. The van der Waals surface area contributed by atoms with Crippen molar-refractivity contribution in [2.24, 2.45) is 0 Å². The minimum atomic E-state index is -0.568. The van der Waals surface area contributed by atoms with E-state index in [4.69, 9.17) is 9.47 Å². The van der Waals surface area contributed by atoms with Crippen LogP contribution >= 0.6 is 0 Å². The van der Waals surface area contributed by atoms with E-state index in [1.807, 2.05) is 57.0 Å². The Morgan fingerprint density at radius 3 is 2.44 bits per heavy atom. The Hall–Kier alpha value is -4.28. The summed E-state index contributed by atoms with van der Waals surface area (Å²) in [4.78, 5) is 42.6. The number of anilines is 1. The fourth-order valence-electron chi connectivity index (χ4n) is 4.86. The highest BCUT2D eigenvalue weighted by molar-refractivity contribution is 5.85. The number of piperazine rings is 1. The van der Waals surface area contributed by atoms with Crippen molar-refractivity contribution < 1.29 is 24.0 Å². The quantitative estimate of drug-likeness (QED) is 0.187. The Morgan fingerprint density at radius 2 is 1.78 bits per heavy atom. The van der Waals surface area contributed by atoms with E-state index in [0.29, 0.717) is 39.2 Å². The number of aromatic amines is 1. The topological polar surface area (TPSA) is 130 Å². The van der Waals surface area contributed by atoms with Gasteiger partial charge >= 0.3 is 6.09 Å². The van der Waals surface area contributed by atoms with E-state index >= 15 is 0 Å². The molecule has 1 unspecified atom stereocenters. The maximum atomic E-state index is 12.7. The van der Waals surface area contributed by atoms with Gasteiger partial charge < -0.3 is 29.6 Å². The lowest BCUT2D eigenvalue weighted by molar-refractivity contribution is -0.384. The smallest absolute Gasteiger partial charge is 0.408 e. The van der Waals surface area contributed by atoms with Crippen molar-refractivity contribution in [2.75, 3.05) is 37.7 Å². The van der Waals surface area contributed by atoms with Crippen molar-refractivity contribution in [3.8, 4) is 5.75 Å². The molecule has 41 heavy (non-hydrogen) atoms. The summed E-state index contributed by atoms with van der Waals surface area (Å²) in [5.74, 6) is 0.870. The van der Waals surface area contributed by atoms with Crippen LogP contribution < -0.4 is 15.0 Å². The summed E-state index contributed by atoms with van der Waals surface area (Å²) in [6, 6.07) is 12.1. The number of ether oxygens (including phenoxy) is 2. The highest BCUT2D eigenvalue weighted by atomic mass is 16.6. The van der Waals surface area contributed by atoms with Crippen molar-refractivity contribution in [2.45, 2.75) is 58.6 Å². The standard InChI is InChI=1S/C30H39N5O6/c1-21(32-29(37)41-30(2,3)4)26-20-31-27-13-12-24(19-25(26)27)40-18-6-5-7-28(36)34-16-14-33(15-17-34)22-8-10-23(11-9-22)35(38)39/h8-13,19-21,31H,5-7,14-18H2,1-4H3,(H,32,37). The minimum absolute atomic E-state index is 0.0727. The summed E-state index contributed by atoms with van der Waals surface area (Å²) in [6.45, 7) is 10.5. The summed E-state index contributed by atoms with van der Waals surface area (Å²) in [5, 5.41) is 14.7. The van der Waals surface area contributed by atoms with Gasteiger partial charge in [-0.1, -0.05) is 0 Å². The molecule has 0 aliphatic carbocycles. The van der Waals surface area contributed by atoms with Gasteiger partial charge in [0, 0.05) is 67.5 Å². The summed E-state index contributed by atoms with van der Waals surface area (Å²) in [5.41, 5.74) is 2.32. The molecule has 1 fully saturated rings. The number of hydrogen-bond acceptors (Lipinski definition) is 7. The zero-order valence-corrected chi connectivity index (χ0v) is 24.1. The van der Waals surface area contributed by atoms with Crippen molar-refractivity contribution in [3.63, 3.8) is 0 Å². The SMILES string of the molecule is CC(NC(=O)OC(C)(C)C)c1c[nH]c2ccc(OCCCCC(=O)N3CCN(c4ccc([N+](=O)[O-])cc4)CC3)cc12. The highest BCUT2D eigenvalue weighted by Crippen LogP contribution is 2.28. The molecule has 2 aromatic carbocycles. The zero-order valence-electron chi connectivity index (χ0n) is 24.1. The molecule has 11 heteroatoms. The summed E-state index contributed by atoms with van der Waals surface area (Å²) in [6.07, 6.45) is 3.37. The number of nitro groups is 1. The third-order valence-electron chi connectivity index (χ3n) is 7.00. The van der Waals surface area contributed by atoms with Crippen LogP contribution in [0.3, 0.4) is 0 Å². The minimum Gasteiger partial charge on any atom is -0.494 e. The average molecular weight is 566 g/mol. The molecule has 1 aliphatic heterocycles. The molecule has 0 bridgehead atoms. The van der Waals surface area contributed by atoms with Gasteiger partial charge in [0.15, 0.2) is 0 Å². The fraction of sp³-hybridized carbons (Fsp3) is 0.467. The van der Waals surface area contributed by atoms with Gasteiger partial charge in [0.25, 0.3) is 5.69 Å². The molecular formula is C30H39N5O6. The zero-order chi connectivity index (χ0) is 29.6. The molecule has 0 spiro atoms. The second-order valence-corrected chi connectivity index (χ2v) is 11.3. The largest absolute Gasteiger partial charge is 0.494 e. The maximum Gasteiger partial charge on any atom is 0.408 e. The van der Waals surface area contributed by atoms with E-state index < -0.39 is 16.6 Å². The van der Waals surface area contributed by atoms with Crippen LogP contribution in [-0.2, 0) is 9.53 Å². The van der Waals surface area contributed by atoms with Crippen molar-refractivity contribution in [3.05, 3.63) is 64.3 Å². The number of non-ortho nitro benzene ring substituents is 1. The summed E-state index contributed by atoms with van der Waals surface area (Å²) >= 11 is 0. The number of rotatable bonds is 10. The molecule has 3 aromatic rings. The van der Waals surface area contributed by atoms with E-state index in [1.54, 1.807) is 12.1 Å². The normalized spacial score (nSPS) is 14.5. The van der Waals surface area contributed by atoms with Crippen LogP contribution in [0.2, 0.25) is 0 Å². The number of carbonyl (C=O) groups is 2. The van der Waals surface area contributed by atoms with Crippen LogP contribution in [0.5, 0.6) is 5.75 Å². The number of amides is 2. The Bertz CT molecular complexity index is 1360. The van der Waals surface area contributed by atoms with E-state index in [1.165, 1.54) is 12.1 Å². The van der Waals surface area contributed by atoms with Gasteiger partial charge in [0.05, 0.1) is 17.6 Å². The second kappa shape index (κ2) is 12.9. The Kier molecular flexibility index (Phi) is 9.36. The van der Waals surface area contributed by atoms with Crippen LogP contribution in [-0.4, -0.2) is 65.2 Å². The number of fused-ring (bicyclic) bond motifs is 1. The van der Waals surface area contributed by atoms with Crippen molar-refractivity contribution in [1.82, 2.24) is 15.2 Å². The van der Waals surface area contributed by atoms with Crippen molar-refractivity contribution >= 4 is 34.3 Å². The molecule has 2 heterocycles. The van der Waals surface area contributed by atoms with Crippen LogP contribution in [0, 0.1) is 10.1 Å². The predicted octanol–water partition coefficient (Wildman–Crippen LogP) is 5.56. The molecule has 0 radical (unpaired) electrons. The number of alkyl carbamates (subject to hydrolysis) is 1. The van der Waals surface area contributed by atoms with Crippen LogP contribution in [0.25, 0.3) is 10.9 Å². The number of nitrogens with one attached hydrogen (secondary N) is 2. The van der Waals surface area contributed by atoms with Gasteiger partial charge in [0.1, 0.15) is 11.4 Å². The lowest BCUT2D eigenvalue weighted by Gasteiger charge is -2.36. The monoisotopic (exact) mass is 565 g/mol. The number of aromatic nitrogens is 1. The lowest BCUT2D eigenvalue weighted by atomic mass is 10.1. The first kappa shape index (κ1) is 29.7. The molecule has 1 saturated heterocycles. The number of nitrogens with zero attached hydrogens (tertiary/aromatic N) is 3. The lowest BCUT2D eigenvalue weighted by Crippen LogP contribution is -2.48. The fourth-order valence-corrected chi connectivity index (χ4v) is 4.86. The predicted molar refractivity (Wildman–Crippen MR) is 157 cm³/mol. The van der Waals surface area contributed by atoms with Gasteiger partial charge in [-0.25, -0.2) is 4.79 Å². The van der Waals surface area contributed by atoms with Crippen LogP contribution in [0.4, 0.5) is 16.2 Å². The van der Waals surface area contributed by atoms with E-state index in [-0.39, 0.29) is 17.6 Å². The molecule has 220 valence electrons. The van der Waals surface area contributed by atoms with Crippen LogP contribution in [0.1, 0.15) is 58.6 Å². The molecule has 1 atom stereocenters. The summed E-state index contributed by atoms with van der Waals surface area (Å²) in [7, 11) is 0. The Morgan fingerprint density at radius 1 is 1.07 bits per heavy atom. The number of nitro benzene ring substituents is 1. The van der Waals surface area contributed by atoms with Crippen LogP contribution in [0.15, 0.2) is 48.7 Å². The number of H-pyrrole nitrogens is 1. The van der Waals surface area contributed by atoms with Gasteiger partial charge in [-0.2, -0.15) is 0 Å². The number of hydrogen-bond donors (Lipinski definition) is 2.